The van der Waals surface area contributed by atoms with Gasteiger partial charge in [0.05, 0.1) is 60.6 Å². The number of nitrogens with one attached hydrogen (secondary N) is 1. The average Bonchev–Trinajstić information content (AvgIpc) is 3.65. The van der Waals surface area contributed by atoms with E-state index in [2.05, 4.69) is 10.3 Å². The smallest absolute Gasteiger partial charge is 0.416 e. The van der Waals surface area contributed by atoms with E-state index >= 15 is 4.39 Å². The predicted octanol–water partition coefficient (Wildman–Crippen LogP) is 8.67. The number of ether oxygens (including phenoxy) is 1. The minimum atomic E-state index is -4.69. The summed E-state index contributed by atoms with van der Waals surface area (Å²) >= 11 is 12.6. The van der Waals surface area contributed by atoms with Crippen molar-refractivity contribution in [3.05, 3.63) is 135 Å². The second-order valence-electron chi connectivity index (χ2n) is 18.3. The highest BCUT2D eigenvalue weighted by atomic mass is 35.5. The molecule has 3 heterocycles. The maximum absolute atomic E-state index is 16.3. The summed E-state index contributed by atoms with van der Waals surface area (Å²) in [4.78, 5) is 67.5. The van der Waals surface area contributed by atoms with Gasteiger partial charge in [-0.2, -0.15) is 13.2 Å². The standard InChI is InChI=1S/C51H54Cl2F4N6O6/c1-31-44(65)21-36(29-64)48(67)59-50(25-32-9-13-38(52)14-10-32)17-6-18-62(30-50)49(68)35(19-33-7-5-8-37(20-33)51(55,56)57)22-47(66)63(31)27-41-42(54)23-39(53)24-45(41)69-40-15-11-34(12-16-40)43-26-58-46(61(43)4)28-60(2)3/h5,7-16,20,23-24,26,31,35-36,64H,6,17-19,21-22,25,27-30H2,1-4H3,(H,59,67)/t31-,35+,36-,50+/m0/s1. The lowest BCUT2D eigenvalue weighted by molar-refractivity contribution is -0.147. The molecule has 0 saturated carbocycles. The van der Waals surface area contributed by atoms with E-state index in [4.69, 9.17) is 27.9 Å². The van der Waals surface area contributed by atoms with E-state index in [0.717, 1.165) is 45.7 Å². The number of aliphatic hydroxyl groups excluding tert-OH is 1. The average molecular weight is 994 g/mol. The van der Waals surface area contributed by atoms with Gasteiger partial charge in [-0.15, -0.1) is 0 Å². The van der Waals surface area contributed by atoms with Gasteiger partial charge < -0.3 is 34.4 Å². The number of nitrogens with zero attached hydrogens (tertiary/aromatic N) is 5. The van der Waals surface area contributed by atoms with Gasteiger partial charge in [-0.1, -0.05) is 53.5 Å². The van der Waals surface area contributed by atoms with Gasteiger partial charge in [0.15, 0.2) is 5.78 Å². The van der Waals surface area contributed by atoms with Gasteiger partial charge in [-0.25, -0.2) is 9.37 Å². The summed E-state index contributed by atoms with van der Waals surface area (Å²) in [6.45, 7) is 0.884. The second kappa shape index (κ2) is 21.5. The Morgan fingerprint density at radius 2 is 1.65 bits per heavy atom. The van der Waals surface area contributed by atoms with Crippen LogP contribution in [-0.4, -0.2) is 98.2 Å². The molecule has 7 rings (SSSR count). The summed E-state index contributed by atoms with van der Waals surface area (Å²) in [5.74, 6) is -5.00. The SMILES string of the molecule is C[C@H]1C(=O)C[C@@H](CO)C(=O)N[C@@]2(Cc3ccc(Cl)cc3)CCCN(C2)C(=O)[C@H](Cc2cccc(C(F)(F)F)c2)CC(=O)N1Cc1c(F)cc(Cl)cc1Oc1ccc(-c2cnc(CN(C)C)n2C)cc1. The summed E-state index contributed by atoms with van der Waals surface area (Å²) in [5.41, 5.74) is 0.378. The highest BCUT2D eigenvalue weighted by Gasteiger charge is 2.43. The van der Waals surface area contributed by atoms with Crippen LogP contribution in [0, 0.1) is 17.7 Å². The summed E-state index contributed by atoms with van der Waals surface area (Å²) in [7, 11) is 5.80. The van der Waals surface area contributed by atoms with Crippen molar-refractivity contribution in [2.24, 2.45) is 18.9 Å². The van der Waals surface area contributed by atoms with Gasteiger partial charge in [0.25, 0.3) is 0 Å². The molecule has 0 radical (unpaired) electrons. The molecule has 2 bridgehead atoms. The van der Waals surface area contributed by atoms with Crippen molar-refractivity contribution in [1.82, 2.24) is 29.6 Å². The van der Waals surface area contributed by atoms with Crippen molar-refractivity contribution in [2.75, 3.05) is 33.8 Å². The van der Waals surface area contributed by atoms with Gasteiger partial charge in [0.2, 0.25) is 17.7 Å². The maximum Gasteiger partial charge on any atom is 0.416 e. The topological polar surface area (TPSA) is 137 Å². The van der Waals surface area contributed by atoms with E-state index in [1.165, 1.54) is 30.0 Å². The fourth-order valence-electron chi connectivity index (χ4n) is 9.19. The van der Waals surface area contributed by atoms with Crippen LogP contribution in [0.1, 0.15) is 60.7 Å². The first-order valence-electron chi connectivity index (χ1n) is 22.6. The zero-order valence-corrected chi connectivity index (χ0v) is 40.2. The highest BCUT2D eigenvalue weighted by molar-refractivity contribution is 6.31. The predicted molar refractivity (Wildman–Crippen MR) is 253 cm³/mol. The third-order valence-electron chi connectivity index (χ3n) is 12.9. The molecule has 0 aliphatic carbocycles. The number of carbonyl (C=O) groups is 4. The number of halogens is 6. The number of fused-ring (bicyclic) bond motifs is 2. The molecule has 12 nitrogen and oxygen atoms in total. The van der Waals surface area contributed by atoms with Gasteiger partial charge >= 0.3 is 6.18 Å². The molecular weight excluding hydrogens is 939 g/mol. The summed E-state index contributed by atoms with van der Waals surface area (Å²) in [6, 6.07) is 19.4. The number of imidazole rings is 1. The van der Waals surface area contributed by atoms with E-state index in [9.17, 15) is 37.5 Å². The molecule has 69 heavy (non-hydrogen) atoms. The molecule has 2 saturated heterocycles. The molecule has 0 unspecified atom stereocenters. The largest absolute Gasteiger partial charge is 0.457 e. The lowest BCUT2D eigenvalue weighted by Crippen LogP contribution is -2.63. The van der Waals surface area contributed by atoms with Crippen LogP contribution in [0.5, 0.6) is 11.5 Å². The van der Waals surface area contributed by atoms with Crippen LogP contribution in [0.4, 0.5) is 17.6 Å². The van der Waals surface area contributed by atoms with Gasteiger partial charge in [-0.05, 0) is 112 Å². The molecule has 4 aromatic carbocycles. The maximum atomic E-state index is 16.3. The van der Waals surface area contributed by atoms with E-state index in [1.807, 2.05) is 30.6 Å². The van der Waals surface area contributed by atoms with Crippen molar-refractivity contribution in [2.45, 2.75) is 76.3 Å². The van der Waals surface area contributed by atoms with Gasteiger partial charge in [0, 0.05) is 54.2 Å². The Morgan fingerprint density at radius 1 is 0.928 bits per heavy atom. The molecule has 5 aromatic rings. The molecule has 366 valence electrons. The Bertz CT molecular complexity index is 2680. The molecule has 2 fully saturated rings. The van der Waals surface area contributed by atoms with Crippen molar-refractivity contribution < 1.29 is 46.6 Å². The van der Waals surface area contributed by atoms with Crippen molar-refractivity contribution >= 4 is 46.7 Å². The fourth-order valence-corrected chi connectivity index (χ4v) is 9.51. The van der Waals surface area contributed by atoms with Crippen LogP contribution in [0.15, 0.2) is 91.1 Å². The van der Waals surface area contributed by atoms with E-state index in [0.29, 0.717) is 24.4 Å². The Hall–Kier alpha value is -5.81. The highest BCUT2D eigenvalue weighted by Crippen LogP contribution is 2.36. The van der Waals surface area contributed by atoms with E-state index in [1.54, 1.807) is 54.7 Å². The van der Waals surface area contributed by atoms with Gasteiger partial charge in [-0.3, -0.25) is 19.2 Å². The number of aromatic nitrogens is 2. The number of amides is 3. The minimum absolute atomic E-state index is 0.0279. The minimum Gasteiger partial charge on any atom is -0.457 e. The number of Topliss-reactive ketones (excluding diaryl/α,β-unsaturated/α-hetero) is 1. The number of hydrogen-bond donors (Lipinski definition) is 2. The zero-order chi connectivity index (χ0) is 49.8. The second-order valence-corrected chi connectivity index (χ2v) is 19.2. The quantitative estimate of drug-likeness (QED) is 0.119. The van der Waals surface area contributed by atoms with Crippen molar-refractivity contribution in [1.29, 1.82) is 0 Å². The molecule has 0 spiro atoms. The first-order valence-corrected chi connectivity index (χ1v) is 23.3. The molecule has 18 heteroatoms. The molecule has 3 amide bonds. The normalized spacial score (nSPS) is 20.8. The molecular formula is C51H54Cl2F4N6O6. The first kappa shape index (κ1) is 51.1. The number of hydrogen-bond acceptors (Lipinski definition) is 8. The number of piperidine rings is 1. The van der Waals surface area contributed by atoms with Crippen LogP contribution >= 0.6 is 23.2 Å². The van der Waals surface area contributed by atoms with Crippen LogP contribution in [-0.2, 0) is 58.3 Å². The molecule has 2 N–H and O–H groups in total. The Kier molecular flexibility index (Phi) is 15.9. The number of rotatable bonds is 12. The summed E-state index contributed by atoms with van der Waals surface area (Å²) < 4.78 is 66.5. The summed E-state index contributed by atoms with van der Waals surface area (Å²) in [5, 5.41) is 14.1. The van der Waals surface area contributed by atoms with E-state index < -0.39 is 90.5 Å². The van der Waals surface area contributed by atoms with Crippen LogP contribution in [0.2, 0.25) is 10.0 Å². The monoisotopic (exact) mass is 992 g/mol. The Balaban J connectivity index is 1.25. The first-order chi connectivity index (χ1) is 32.7. The fraction of sp³-hybridized carbons (Fsp3) is 0.392. The molecule has 1 aromatic heterocycles. The molecule has 2 aliphatic heterocycles. The third kappa shape index (κ3) is 12.3. The lowest BCUT2D eigenvalue weighted by atomic mass is 9.81. The number of alkyl halides is 3. The Morgan fingerprint density at radius 3 is 2.33 bits per heavy atom. The van der Waals surface area contributed by atoms with Crippen molar-refractivity contribution in [3.8, 4) is 22.8 Å². The van der Waals surface area contributed by atoms with Crippen LogP contribution in [0.25, 0.3) is 11.3 Å². The summed E-state index contributed by atoms with van der Waals surface area (Å²) in [6.07, 6.45) is -3.28. The number of carbonyl (C=O) groups excluding carboxylic acids is 4. The third-order valence-corrected chi connectivity index (χ3v) is 13.4. The van der Waals surface area contributed by atoms with Crippen LogP contribution in [0.3, 0.4) is 0 Å². The van der Waals surface area contributed by atoms with Crippen molar-refractivity contribution in [3.63, 3.8) is 0 Å². The lowest BCUT2D eigenvalue weighted by Gasteiger charge is -2.45. The van der Waals surface area contributed by atoms with Gasteiger partial charge in [0.1, 0.15) is 23.1 Å². The number of aliphatic hydroxyl groups is 1. The number of ketones is 1. The molecule has 4 atom stereocenters. The number of benzene rings is 4. The zero-order valence-electron chi connectivity index (χ0n) is 38.7. The van der Waals surface area contributed by atoms with E-state index in [-0.39, 0.29) is 53.6 Å². The van der Waals surface area contributed by atoms with Crippen LogP contribution < -0.4 is 10.1 Å². The Labute approximate surface area is 408 Å². The molecule has 2 aliphatic rings.